The number of aromatic amines is 1. The normalized spacial score (nSPS) is 22.1. The lowest BCUT2D eigenvalue weighted by atomic mass is 9.76. The van der Waals surface area contributed by atoms with Gasteiger partial charge in [0.05, 0.1) is 17.6 Å². The van der Waals surface area contributed by atoms with Crippen molar-refractivity contribution in [2.45, 2.75) is 57.5 Å². The summed E-state index contributed by atoms with van der Waals surface area (Å²) >= 11 is 0. The quantitative estimate of drug-likeness (QED) is 0.891. The maximum Gasteiger partial charge on any atom is 0.226 e. The zero-order chi connectivity index (χ0) is 19.1. The minimum atomic E-state index is -0.205. The van der Waals surface area contributed by atoms with Gasteiger partial charge in [0.2, 0.25) is 5.91 Å². The zero-order valence-corrected chi connectivity index (χ0v) is 16.8. The van der Waals surface area contributed by atoms with E-state index in [0.29, 0.717) is 5.91 Å². The van der Waals surface area contributed by atoms with Crippen molar-refractivity contribution in [1.29, 1.82) is 0 Å². The van der Waals surface area contributed by atoms with Crippen molar-refractivity contribution in [2.24, 2.45) is 5.92 Å². The van der Waals surface area contributed by atoms with E-state index >= 15 is 0 Å². The standard InChI is InChI=1S/C23H30N4O/c1-17-4-2-5-18(14-17)15-26-12-9-23(10-13-26)21-20(24-16-25-21)8-11-27(23)22(28)19-6-3-7-19/h2,4-5,14,16,19H,3,6-13,15H2,1H3,(H,24,25). The van der Waals surface area contributed by atoms with Crippen molar-refractivity contribution >= 4 is 5.91 Å². The summed E-state index contributed by atoms with van der Waals surface area (Å²) in [4.78, 5) is 26.1. The average molecular weight is 379 g/mol. The van der Waals surface area contributed by atoms with Crippen molar-refractivity contribution < 1.29 is 4.79 Å². The van der Waals surface area contributed by atoms with Crippen LogP contribution in [0.3, 0.4) is 0 Å². The molecule has 1 spiro atoms. The largest absolute Gasteiger partial charge is 0.348 e. The molecule has 1 amide bonds. The number of amides is 1. The molecule has 28 heavy (non-hydrogen) atoms. The number of aryl methyl sites for hydroxylation is 1. The van der Waals surface area contributed by atoms with Crippen LogP contribution in [0.1, 0.15) is 54.6 Å². The Morgan fingerprint density at radius 3 is 2.79 bits per heavy atom. The SMILES string of the molecule is Cc1cccc(CN2CCC3(CC2)c2nc[nH]c2CCN3C(=O)C2CCC2)c1. The zero-order valence-electron chi connectivity index (χ0n) is 16.8. The second-order valence-electron chi connectivity index (χ2n) is 8.89. The fourth-order valence-electron chi connectivity index (χ4n) is 5.33. The van der Waals surface area contributed by atoms with Gasteiger partial charge in [0.1, 0.15) is 0 Å². The van der Waals surface area contributed by atoms with E-state index in [-0.39, 0.29) is 11.5 Å². The fraction of sp³-hybridized carbons (Fsp3) is 0.565. The van der Waals surface area contributed by atoms with Crippen molar-refractivity contribution in [3.63, 3.8) is 0 Å². The molecule has 1 N–H and O–H groups in total. The van der Waals surface area contributed by atoms with E-state index in [1.54, 1.807) is 0 Å². The molecule has 1 saturated carbocycles. The number of rotatable bonds is 3. The number of hydrogen-bond acceptors (Lipinski definition) is 3. The fourth-order valence-corrected chi connectivity index (χ4v) is 5.33. The first-order valence-corrected chi connectivity index (χ1v) is 10.8. The molecule has 2 aliphatic heterocycles. The van der Waals surface area contributed by atoms with Crippen LogP contribution in [-0.2, 0) is 23.3 Å². The van der Waals surface area contributed by atoms with Gasteiger partial charge in [-0.25, -0.2) is 4.98 Å². The molecule has 5 heteroatoms. The number of likely N-dealkylation sites (tertiary alicyclic amines) is 1. The predicted molar refractivity (Wildman–Crippen MR) is 109 cm³/mol. The number of nitrogens with one attached hydrogen (secondary N) is 1. The molecule has 5 nitrogen and oxygen atoms in total. The number of piperidine rings is 1. The molecule has 148 valence electrons. The monoisotopic (exact) mass is 378 g/mol. The summed E-state index contributed by atoms with van der Waals surface area (Å²) in [6, 6.07) is 8.80. The Labute approximate surface area is 167 Å². The lowest BCUT2D eigenvalue weighted by Crippen LogP contribution is -2.59. The summed E-state index contributed by atoms with van der Waals surface area (Å²) in [6.07, 6.45) is 8.03. The number of carbonyl (C=O) groups is 1. The van der Waals surface area contributed by atoms with Gasteiger partial charge >= 0.3 is 0 Å². The van der Waals surface area contributed by atoms with Gasteiger partial charge in [0, 0.05) is 44.2 Å². The van der Waals surface area contributed by atoms with Crippen molar-refractivity contribution in [3.05, 3.63) is 53.1 Å². The third-order valence-electron chi connectivity index (χ3n) is 7.15. The number of hydrogen-bond donors (Lipinski definition) is 1. The maximum atomic E-state index is 13.3. The minimum Gasteiger partial charge on any atom is -0.348 e. The lowest BCUT2D eigenvalue weighted by Gasteiger charge is -2.52. The highest BCUT2D eigenvalue weighted by Gasteiger charge is 2.50. The second kappa shape index (κ2) is 7.03. The Balaban J connectivity index is 1.37. The molecule has 0 atom stereocenters. The first-order chi connectivity index (χ1) is 13.7. The Morgan fingerprint density at radius 2 is 2.07 bits per heavy atom. The van der Waals surface area contributed by atoms with E-state index in [2.05, 4.69) is 46.0 Å². The molecule has 1 saturated heterocycles. The molecule has 2 aromatic rings. The number of fused-ring (bicyclic) bond motifs is 2. The molecule has 1 aromatic carbocycles. The molecule has 1 aliphatic carbocycles. The summed E-state index contributed by atoms with van der Waals surface area (Å²) in [5, 5.41) is 0. The molecule has 0 unspecified atom stereocenters. The van der Waals surface area contributed by atoms with Crippen LogP contribution >= 0.6 is 0 Å². The highest BCUT2D eigenvalue weighted by Crippen LogP contribution is 2.44. The van der Waals surface area contributed by atoms with Gasteiger partial charge in [-0.15, -0.1) is 0 Å². The van der Waals surface area contributed by atoms with Crippen molar-refractivity contribution in [1.82, 2.24) is 19.8 Å². The van der Waals surface area contributed by atoms with Crippen molar-refractivity contribution in [3.8, 4) is 0 Å². The molecule has 3 heterocycles. The van der Waals surface area contributed by atoms with Gasteiger partial charge in [-0.2, -0.15) is 0 Å². The molecule has 1 aromatic heterocycles. The summed E-state index contributed by atoms with van der Waals surface area (Å²) in [5.41, 5.74) is 4.87. The third kappa shape index (κ3) is 2.96. The van der Waals surface area contributed by atoms with Crippen LogP contribution in [0.4, 0.5) is 0 Å². The van der Waals surface area contributed by atoms with E-state index in [0.717, 1.165) is 64.0 Å². The molecule has 0 bridgehead atoms. The van der Waals surface area contributed by atoms with Crippen LogP contribution in [0.5, 0.6) is 0 Å². The number of nitrogens with zero attached hydrogens (tertiary/aromatic N) is 3. The molecule has 0 radical (unpaired) electrons. The van der Waals surface area contributed by atoms with Gasteiger partial charge in [-0.05, 0) is 38.2 Å². The van der Waals surface area contributed by atoms with Crippen LogP contribution in [0.15, 0.2) is 30.6 Å². The Bertz CT molecular complexity index is 861. The summed E-state index contributed by atoms with van der Waals surface area (Å²) < 4.78 is 0. The minimum absolute atomic E-state index is 0.205. The van der Waals surface area contributed by atoms with Crippen LogP contribution in [-0.4, -0.2) is 45.3 Å². The van der Waals surface area contributed by atoms with E-state index in [9.17, 15) is 4.79 Å². The van der Waals surface area contributed by atoms with E-state index in [1.807, 2.05) is 6.33 Å². The van der Waals surface area contributed by atoms with Crippen molar-refractivity contribution in [2.75, 3.05) is 19.6 Å². The first-order valence-electron chi connectivity index (χ1n) is 10.8. The summed E-state index contributed by atoms with van der Waals surface area (Å²) in [7, 11) is 0. The van der Waals surface area contributed by atoms with E-state index < -0.39 is 0 Å². The van der Waals surface area contributed by atoms with Crippen LogP contribution in [0.2, 0.25) is 0 Å². The lowest BCUT2D eigenvalue weighted by molar-refractivity contribution is -0.149. The highest BCUT2D eigenvalue weighted by atomic mass is 16.2. The van der Waals surface area contributed by atoms with Gasteiger partial charge in [-0.3, -0.25) is 9.69 Å². The first kappa shape index (κ1) is 17.9. The average Bonchev–Trinajstić information content (AvgIpc) is 3.12. The Hall–Kier alpha value is -2.14. The van der Waals surface area contributed by atoms with Crippen LogP contribution in [0.25, 0.3) is 0 Å². The number of carbonyl (C=O) groups excluding carboxylic acids is 1. The van der Waals surface area contributed by atoms with E-state index in [1.165, 1.54) is 23.2 Å². The molecular weight excluding hydrogens is 348 g/mol. The Morgan fingerprint density at radius 1 is 1.25 bits per heavy atom. The van der Waals surface area contributed by atoms with E-state index in [4.69, 9.17) is 4.98 Å². The van der Waals surface area contributed by atoms with Crippen LogP contribution < -0.4 is 0 Å². The second-order valence-corrected chi connectivity index (χ2v) is 8.89. The summed E-state index contributed by atoms with van der Waals surface area (Å²) in [6.45, 7) is 5.99. The summed E-state index contributed by atoms with van der Waals surface area (Å²) in [5.74, 6) is 0.634. The number of H-pyrrole nitrogens is 1. The molecule has 2 fully saturated rings. The maximum absolute atomic E-state index is 13.3. The number of aromatic nitrogens is 2. The number of benzene rings is 1. The predicted octanol–water partition coefficient (Wildman–Crippen LogP) is 3.39. The van der Waals surface area contributed by atoms with Crippen LogP contribution in [0, 0.1) is 12.8 Å². The Kier molecular flexibility index (Phi) is 4.50. The molecule has 5 rings (SSSR count). The molecule has 3 aliphatic rings. The van der Waals surface area contributed by atoms with Gasteiger partial charge in [-0.1, -0.05) is 36.2 Å². The topological polar surface area (TPSA) is 52.2 Å². The highest BCUT2D eigenvalue weighted by molar-refractivity contribution is 5.81. The third-order valence-corrected chi connectivity index (χ3v) is 7.15. The van der Waals surface area contributed by atoms with Gasteiger partial charge < -0.3 is 9.88 Å². The van der Waals surface area contributed by atoms with Gasteiger partial charge in [0.25, 0.3) is 0 Å². The smallest absolute Gasteiger partial charge is 0.226 e. The number of imidazole rings is 1. The van der Waals surface area contributed by atoms with Gasteiger partial charge in [0.15, 0.2) is 0 Å². The molecular formula is C23H30N4O.